The highest BCUT2D eigenvalue weighted by atomic mass is 16.3. The highest BCUT2D eigenvalue weighted by molar-refractivity contribution is 5.97. The summed E-state index contributed by atoms with van der Waals surface area (Å²) < 4.78 is 0. The summed E-state index contributed by atoms with van der Waals surface area (Å²) >= 11 is 0. The van der Waals surface area contributed by atoms with E-state index in [1.54, 1.807) is 0 Å². The van der Waals surface area contributed by atoms with Gasteiger partial charge in [0.25, 0.3) is 0 Å². The summed E-state index contributed by atoms with van der Waals surface area (Å²) in [4.78, 5) is 14.6. The fourth-order valence-corrected chi connectivity index (χ4v) is 5.27. The monoisotopic (exact) mass is 327 g/mol. The van der Waals surface area contributed by atoms with Gasteiger partial charge in [-0.15, -0.1) is 0 Å². The molecule has 130 valence electrons. The number of aliphatic hydroxyl groups is 1. The summed E-state index contributed by atoms with van der Waals surface area (Å²) in [6, 6.07) is 6.87. The second-order valence-corrected chi connectivity index (χ2v) is 8.25. The quantitative estimate of drug-likeness (QED) is 0.865. The number of aryl methyl sites for hydroxylation is 1. The Labute approximate surface area is 145 Å². The maximum absolute atomic E-state index is 11.8. The van der Waals surface area contributed by atoms with Gasteiger partial charge in [-0.3, -0.25) is 9.69 Å². The van der Waals surface area contributed by atoms with Gasteiger partial charge in [0.1, 0.15) is 6.61 Å². The van der Waals surface area contributed by atoms with Gasteiger partial charge in [-0.25, -0.2) is 0 Å². The zero-order valence-electron chi connectivity index (χ0n) is 14.6. The molecule has 2 aliphatic carbocycles. The van der Waals surface area contributed by atoms with Gasteiger partial charge in [0.2, 0.25) is 0 Å². The lowest BCUT2D eigenvalue weighted by molar-refractivity contribution is 0.0903. The van der Waals surface area contributed by atoms with Crippen LogP contribution in [0.5, 0.6) is 0 Å². The van der Waals surface area contributed by atoms with E-state index in [9.17, 15) is 4.79 Å². The van der Waals surface area contributed by atoms with Crippen LogP contribution in [0, 0.1) is 5.41 Å². The second kappa shape index (κ2) is 6.61. The summed E-state index contributed by atoms with van der Waals surface area (Å²) in [5, 5.41) is 9.12. The molecular weight excluding hydrogens is 298 g/mol. The zero-order chi connectivity index (χ0) is 16.6. The lowest BCUT2D eigenvalue weighted by Gasteiger charge is -2.37. The molecule has 24 heavy (non-hydrogen) atoms. The fourth-order valence-electron chi connectivity index (χ4n) is 5.27. The predicted molar refractivity (Wildman–Crippen MR) is 95.4 cm³/mol. The molecule has 1 aromatic carbocycles. The lowest BCUT2D eigenvalue weighted by atomic mass is 9.70. The van der Waals surface area contributed by atoms with Crippen LogP contribution in [0.1, 0.15) is 66.4 Å². The van der Waals surface area contributed by atoms with Crippen molar-refractivity contribution < 1.29 is 9.90 Å². The van der Waals surface area contributed by atoms with Crippen LogP contribution in [0.3, 0.4) is 0 Å². The average Bonchev–Trinajstić information content (AvgIpc) is 3.04. The molecule has 1 N–H and O–H groups in total. The number of rotatable bonds is 3. The summed E-state index contributed by atoms with van der Waals surface area (Å²) in [7, 11) is 0. The molecule has 1 saturated heterocycles. The SMILES string of the molecule is O=C(CO)c1ccc2c(c1)CC1(CC2)CCN(C2CCCCC2)C1. The largest absolute Gasteiger partial charge is 0.388 e. The minimum Gasteiger partial charge on any atom is -0.388 e. The van der Waals surface area contributed by atoms with E-state index in [0.29, 0.717) is 11.0 Å². The van der Waals surface area contributed by atoms with Crippen molar-refractivity contribution in [3.63, 3.8) is 0 Å². The van der Waals surface area contributed by atoms with E-state index in [-0.39, 0.29) is 12.4 Å². The molecule has 1 atom stereocenters. The van der Waals surface area contributed by atoms with Crippen molar-refractivity contribution in [3.8, 4) is 0 Å². The van der Waals surface area contributed by atoms with Crippen LogP contribution in [-0.4, -0.2) is 41.5 Å². The number of carbonyl (C=O) groups is 1. The van der Waals surface area contributed by atoms with Crippen LogP contribution in [-0.2, 0) is 12.8 Å². The van der Waals surface area contributed by atoms with Crippen LogP contribution in [0.25, 0.3) is 0 Å². The van der Waals surface area contributed by atoms with Crippen LogP contribution in [0.4, 0.5) is 0 Å². The van der Waals surface area contributed by atoms with Gasteiger partial charge in [-0.2, -0.15) is 0 Å². The third-order valence-corrected chi connectivity index (χ3v) is 6.72. The average molecular weight is 327 g/mol. The zero-order valence-corrected chi connectivity index (χ0v) is 14.6. The Morgan fingerprint density at radius 3 is 2.79 bits per heavy atom. The maximum atomic E-state index is 11.8. The highest BCUT2D eigenvalue weighted by Gasteiger charge is 2.42. The Hall–Kier alpha value is -1.19. The van der Waals surface area contributed by atoms with Crippen molar-refractivity contribution in [3.05, 3.63) is 34.9 Å². The minimum absolute atomic E-state index is 0.160. The summed E-state index contributed by atoms with van der Waals surface area (Å²) in [5.74, 6) is -0.160. The van der Waals surface area contributed by atoms with Gasteiger partial charge >= 0.3 is 0 Å². The minimum atomic E-state index is -0.389. The van der Waals surface area contributed by atoms with Crippen molar-refractivity contribution in [1.82, 2.24) is 4.90 Å². The molecule has 1 saturated carbocycles. The van der Waals surface area contributed by atoms with Gasteiger partial charge in [-0.1, -0.05) is 31.4 Å². The second-order valence-electron chi connectivity index (χ2n) is 8.25. The number of aliphatic hydroxyl groups excluding tert-OH is 1. The first-order valence-corrected chi connectivity index (χ1v) is 9.69. The van der Waals surface area contributed by atoms with Crippen LogP contribution in [0.15, 0.2) is 18.2 Å². The smallest absolute Gasteiger partial charge is 0.188 e. The summed E-state index contributed by atoms with van der Waals surface area (Å²) in [6.45, 7) is 2.12. The Morgan fingerprint density at radius 2 is 2.00 bits per heavy atom. The predicted octanol–water partition coefficient (Wildman–Crippen LogP) is 3.38. The van der Waals surface area contributed by atoms with E-state index in [1.807, 2.05) is 6.07 Å². The van der Waals surface area contributed by atoms with Gasteiger partial charge < -0.3 is 5.11 Å². The molecule has 0 radical (unpaired) electrons. The lowest BCUT2D eigenvalue weighted by Crippen LogP contribution is -2.38. The number of benzene rings is 1. The number of fused-ring (bicyclic) bond motifs is 1. The molecule has 0 amide bonds. The Balaban J connectivity index is 1.50. The van der Waals surface area contributed by atoms with Crippen molar-refractivity contribution >= 4 is 5.78 Å². The van der Waals surface area contributed by atoms with E-state index in [4.69, 9.17) is 5.11 Å². The number of hydrogen-bond acceptors (Lipinski definition) is 3. The van der Waals surface area contributed by atoms with Gasteiger partial charge in [0.05, 0.1) is 0 Å². The molecule has 1 aliphatic heterocycles. The van der Waals surface area contributed by atoms with Crippen LogP contribution < -0.4 is 0 Å². The first-order chi connectivity index (χ1) is 11.7. The molecule has 3 heteroatoms. The number of hydrogen-bond donors (Lipinski definition) is 1. The third kappa shape index (κ3) is 3.04. The maximum Gasteiger partial charge on any atom is 0.188 e. The molecule has 0 bridgehead atoms. The van der Waals surface area contributed by atoms with Gasteiger partial charge in [0, 0.05) is 18.2 Å². The Kier molecular flexibility index (Phi) is 4.48. The summed E-state index contributed by atoms with van der Waals surface area (Å²) in [5.41, 5.74) is 3.86. The van der Waals surface area contributed by atoms with Gasteiger partial charge in [0.15, 0.2) is 5.78 Å². The first-order valence-electron chi connectivity index (χ1n) is 9.69. The van der Waals surface area contributed by atoms with E-state index < -0.39 is 0 Å². The molecule has 0 aromatic heterocycles. The van der Waals surface area contributed by atoms with Crippen LogP contribution >= 0.6 is 0 Å². The topological polar surface area (TPSA) is 40.5 Å². The van der Waals surface area contributed by atoms with E-state index in [2.05, 4.69) is 17.0 Å². The number of Topliss-reactive ketones (excluding diaryl/α,β-unsaturated/α-hetero) is 1. The summed E-state index contributed by atoms with van der Waals surface area (Å²) in [6.07, 6.45) is 11.9. The molecule has 3 aliphatic rings. The van der Waals surface area contributed by atoms with Crippen molar-refractivity contribution in [2.24, 2.45) is 5.41 Å². The standard InChI is InChI=1S/C21H29NO2/c23-14-20(24)17-7-6-16-8-9-21(13-18(16)12-17)10-11-22(15-21)19-4-2-1-3-5-19/h6-7,12,19,23H,1-5,8-11,13-15H2. The van der Waals surface area contributed by atoms with Crippen LogP contribution in [0.2, 0.25) is 0 Å². The van der Waals surface area contributed by atoms with Crippen molar-refractivity contribution in [1.29, 1.82) is 0 Å². The van der Waals surface area contributed by atoms with E-state index in [0.717, 1.165) is 18.9 Å². The molecule has 1 spiro atoms. The number of carbonyl (C=O) groups excluding carboxylic acids is 1. The molecular formula is C21H29NO2. The van der Waals surface area contributed by atoms with Gasteiger partial charge in [-0.05, 0) is 67.7 Å². The Bertz CT molecular complexity index is 620. The molecule has 1 unspecified atom stereocenters. The number of nitrogens with zero attached hydrogens (tertiary/aromatic N) is 1. The molecule has 4 rings (SSSR count). The highest BCUT2D eigenvalue weighted by Crippen LogP contribution is 2.44. The fraction of sp³-hybridized carbons (Fsp3) is 0.667. The molecule has 1 aromatic rings. The normalized spacial score (nSPS) is 28.2. The number of likely N-dealkylation sites (tertiary alicyclic amines) is 1. The van der Waals surface area contributed by atoms with E-state index >= 15 is 0 Å². The number of ketones is 1. The van der Waals surface area contributed by atoms with E-state index in [1.165, 1.54) is 69.2 Å². The van der Waals surface area contributed by atoms with Crippen molar-refractivity contribution in [2.75, 3.05) is 19.7 Å². The molecule has 1 heterocycles. The molecule has 2 fully saturated rings. The first kappa shape index (κ1) is 16.3. The Morgan fingerprint density at radius 1 is 1.17 bits per heavy atom. The molecule has 3 nitrogen and oxygen atoms in total. The van der Waals surface area contributed by atoms with Crippen molar-refractivity contribution in [2.45, 2.75) is 63.8 Å². The third-order valence-electron chi connectivity index (χ3n) is 6.72.